The molecule has 3 nitrogen and oxygen atoms in total. The molecule has 0 spiro atoms. The molecule has 6 aromatic rings. The molecule has 0 saturated heterocycles. The zero-order valence-corrected chi connectivity index (χ0v) is 24.1. The molecular formula is C36H25F6N3. The SMILES string of the molecule is C/C(=C\C(=N)c1cc(-c2cnccc2C)ccc1-n1c2ccc(C(F)(F)F)cc2c2cc(C(F)(F)F)ccc21)c1ccccc1. The van der Waals surface area contributed by atoms with Gasteiger partial charge in [-0.25, -0.2) is 0 Å². The number of allylic oxidation sites excluding steroid dienone is 2. The van der Waals surface area contributed by atoms with E-state index in [2.05, 4.69) is 4.98 Å². The second kappa shape index (κ2) is 11.1. The van der Waals surface area contributed by atoms with Crippen LogP contribution in [0.1, 0.15) is 34.7 Å². The highest BCUT2D eigenvalue weighted by molar-refractivity contribution is 6.15. The van der Waals surface area contributed by atoms with E-state index in [1.165, 1.54) is 12.1 Å². The number of hydrogen-bond acceptors (Lipinski definition) is 2. The Bertz CT molecular complexity index is 2050. The molecule has 226 valence electrons. The van der Waals surface area contributed by atoms with E-state index in [0.29, 0.717) is 11.3 Å². The van der Waals surface area contributed by atoms with Gasteiger partial charge < -0.3 is 9.98 Å². The van der Waals surface area contributed by atoms with E-state index in [0.717, 1.165) is 52.1 Å². The fourth-order valence-electron chi connectivity index (χ4n) is 5.59. The second-order valence-corrected chi connectivity index (χ2v) is 10.8. The van der Waals surface area contributed by atoms with Crippen LogP contribution in [0.15, 0.2) is 109 Å². The predicted molar refractivity (Wildman–Crippen MR) is 166 cm³/mol. The summed E-state index contributed by atoms with van der Waals surface area (Å²) in [6, 6.07) is 22.8. The molecule has 0 atom stereocenters. The Labute approximate surface area is 254 Å². The molecule has 6 rings (SSSR count). The minimum Gasteiger partial charge on any atom is -0.309 e. The van der Waals surface area contributed by atoms with Crippen LogP contribution in [0.2, 0.25) is 0 Å². The summed E-state index contributed by atoms with van der Waals surface area (Å²) in [6.45, 7) is 3.80. The lowest BCUT2D eigenvalue weighted by Gasteiger charge is -2.17. The lowest BCUT2D eigenvalue weighted by Crippen LogP contribution is -2.07. The van der Waals surface area contributed by atoms with Crippen LogP contribution in [0.25, 0.3) is 44.2 Å². The number of rotatable bonds is 5. The molecule has 0 unspecified atom stereocenters. The van der Waals surface area contributed by atoms with Gasteiger partial charge in [-0.2, -0.15) is 26.3 Å². The quantitative estimate of drug-likeness (QED) is 0.153. The fourth-order valence-corrected chi connectivity index (χ4v) is 5.59. The molecule has 0 amide bonds. The molecule has 0 fully saturated rings. The zero-order valence-electron chi connectivity index (χ0n) is 24.1. The van der Waals surface area contributed by atoms with Crippen LogP contribution < -0.4 is 0 Å². The number of nitrogens with zero attached hydrogens (tertiary/aromatic N) is 2. The average Bonchev–Trinajstić information content (AvgIpc) is 3.33. The monoisotopic (exact) mass is 613 g/mol. The smallest absolute Gasteiger partial charge is 0.309 e. The average molecular weight is 614 g/mol. The van der Waals surface area contributed by atoms with Gasteiger partial charge in [-0.1, -0.05) is 36.4 Å². The minimum atomic E-state index is -4.69. The summed E-state index contributed by atoms with van der Waals surface area (Å²) in [5.41, 5.74) is 3.84. The minimum absolute atomic E-state index is 0.0200. The molecule has 2 aromatic heterocycles. The lowest BCUT2D eigenvalue weighted by molar-refractivity contribution is -0.138. The highest BCUT2D eigenvalue weighted by Crippen LogP contribution is 2.41. The van der Waals surface area contributed by atoms with Crippen LogP contribution in [0.4, 0.5) is 26.3 Å². The summed E-state index contributed by atoms with van der Waals surface area (Å²) in [7, 11) is 0. The van der Waals surface area contributed by atoms with Crippen molar-refractivity contribution < 1.29 is 26.3 Å². The number of fused-ring (bicyclic) bond motifs is 3. The van der Waals surface area contributed by atoms with E-state index < -0.39 is 23.5 Å². The van der Waals surface area contributed by atoms with Crippen molar-refractivity contribution in [1.82, 2.24) is 9.55 Å². The molecule has 0 aliphatic heterocycles. The molecule has 0 bridgehead atoms. The summed E-state index contributed by atoms with van der Waals surface area (Å²) in [6.07, 6.45) is -4.31. The van der Waals surface area contributed by atoms with Crippen LogP contribution in [0.5, 0.6) is 0 Å². The van der Waals surface area contributed by atoms with Gasteiger partial charge >= 0.3 is 12.4 Å². The molecule has 0 aliphatic rings. The molecule has 4 aromatic carbocycles. The summed E-state index contributed by atoms with van der Waals surface area (Å²) >= 11 is 0. The molecule has 0 radical (unpaired) electrons. The highest BCUT2D eigenvalue weighted by atomic mass is 19.4. The first-order valence-corrected chi connectivity index (χ1v) is 13.9. The van der Waals surface area contributed by atoms with Gasteiger partial charge in [0, 0.05) is 34.3 Å². The molecule has 9 heteroatoms. The van der Waals surface area contributed by atoms with Crippen molar-refractivity contribution in [1.29, 1.82) is 5.41 Å². The van der Waals surface area contributed by atoms with E-state index in [1.807, 2.05) is 62.4 Å². The van der Waals surface area contributed by atoms with Gasteiger partial charge in [0.1, 0.15) is 0 Å². The van der Waals surface area contributed by atoms with Crippen molar-refractivity contribution in [3.8, 4) is 16.8 Å². The Morgan fingerprint density at radius 2 is 1.36 bits per heavy atom. The standard InChI is InChI=1S/C36H25F6N3/c1-21-14-15-44-20-30(21)24-8-11-34(29(17-24)31(43)16-22(2)23-6-4-3-5-7-23)45-32-12-9-25(35(37,38)39)18-27(32)28-19-26(36(40,41)42)10-13-33(28)45/h3-20,43H,1-2H3/b22-16+,43-31?. The summed E-state index contributed by atoms with van der Waals surface area (Å²) < 4.78 is 84.2. The van der Waals surface area contributed by atoms with Gasteiger partial charge in [0.2, 0.25) is 0 Å². The Morgan fingerprint density at radius 3 is 1.91 bits per heavy atom. The van der Waals surface area contributed by atoms with Crippen molar-refractivity contribution in [2.45, 2.75) is 26.2 Å². The Morgan fingerprint density at radius 1 is 0.756 bits per heavy atom. The van der Waals surface area contributed by atoms with Gasteiger partial charge in [-0.15, -0.1) is 0 Å². The van der Waals surface area contributed by atoms with E-state index in [4.69, 9.17) is 0 Å². The number of aromatic nitrogens is 2. The first-order chi connectivity index (χ1) is 21.3. The predicted octanol–water partition coefficient (Wildman–Crippen LogP) is 10.7. The molecular weight excluding hydrogens is 588 g/mol. The first-order valence-electron chi connectivity index (χ1n) is 13.9. The topological polar surface area (TPSA) is 41.7 Å². The Hall–Kier alpha value is -5.18. The number of aryl methyl sites for hydroxylation is 1. The fraction of sp³-hybridized carbons (Fsp3) is 0.111. The maximum Gasteiger partial charge on any atom is 0.416 e. The van der Waals surface area contributed by atoms with Gasteiger partial charge in [0.15, 0.2) is 0 Å². The molecule has 45 heavy (non-hydrogen) atoms. The number of alkyl halides is 6. The number of pyridine rings is 1. The molecule has 2 heterocycles. The third-order valence-electron chi connectivity index (χ3n) is 7.89. The third-order valence-corrected chi connectivity index (χ3v) is 7.89. The van der Waals surface area contributed by atoms with Crippen molar-refractivity contribution >= 4 is 33.1 Å². The van der Waals surface area contributed by atoms with Crippen LogP contribution in [-0.4, -0.2) is 15.3 Å². The van der Waals surface area contributed by atoms with Gasteiger partial charge in [0.25, 0.3) is 0 Å². The van der Waals surface area contributed by atoms with Crippen molar-refractivity contribution in [2.75, 3.05) is 0 Å². The van der Waals surface area contributed by atoms with Crippen molar-refractivity contribution in [3.05, 3.63) is 137 Å². The van der Waals surface area contributed by atoms with Crippen LogP contribution >= 0.6 is 0 Å². The number of halogens is 6. The van der Waals surface area contributed by atoms with Gasteiger partial charge in [-0.05, 0) is 96.8 Å². The van der Waals surface area contributed by atoms with Crippen LogP contribution in [0.3, 0.4) is 0 Å². The maximum atomic E-state index is 13.8. The molecule has 0 aliphatic carbocycles. The summed E-state index contributed by atoms with van der Waals surface area (Å²) in [5, 5.41) is 9.25. The summed E-state index contributed by atoms with van der Waals surface area (Å²) in [4.78, 5) is 4.24. The lowest BCUT2D eigenvalue weighted by atomic mass is 9.96. The van der Waals surface area contributed by atoms with Gasteiger partial charge in [0.05, 0.1) is 33.6 Å². The van der Waals surface area contributed by atoms with E-state index in [1.54, 1.807) is 29.1 Å². The summed E-state index contributed by atoms with van der Waals surface area (Å²) in [5.74, 6) is 0. The van der Waals surface area contributed by atoms with E-state index in [-0.39, 0.29) is 27.5 Å². The van der Waals surface area contributed by atoms with E-state index >= 15 is 0 Å². The largest absolute Gasteiger partial charge is 0.416 e. The second-order valence-electron chi connectivity index (χ2n) is 10.8. The first kappa shape index (κ1) is 29.9. The van der Waals surface area contributed by atoms with Crippen LogP contribution in [-0.2, 0) is 12.4 Å². The van der Waals surface area contributed by atoms with Gasteiger partial charge in [-0.3, -0.25) is 4.98 Å². The molecule has 0 saturated carbocycles. The van der Waals surface area contributed by atoms with Crippen LogP contribution in [0, 0.1) is 12.3 Å². The van der Waals surface area contributed by atoms with Crippen molar-refractivity contribution in [3.63, 3.8) is 0 Å². The van der Waals surface area contributed by atoms with Crippen molar-refractivity contribution in [2.24, 2.45) is 0 Å². The number of nitrogens with one attached hydrogen (secondary N) is 1. The Kier molecular flexibility index (Phi) is 7.35. The molecule has 1 N–H and O–H groups in total. The number of hydrogen-bond donors (Lipinski definition) is 1. The normalized spacial score (nSPS) is 12.7. The zero-order chi connectivity index (χ0) is 32.1. The number of benzene rings is 4. The Balaban J connectivity index is 1.66. The highest BCUT2D eigenvalue weighted by Gasteiger charge is 2.33. The van der Waals surface area contributed by atoms with E-state index in [9.17, 15) is 31.8 Å². The third kappa shape index (κ3) is 5.61. The maximum absolute atomic E-state index is 13.8.